The van der Waals surface area contributed by atoms with Crippen molar-refractivity contribution in [1.29, 1.82) is 0 Å². The Morgan fingerprint density at radius 1 is 1.13 bits per heavy atom. The quantitative estimate of drug-likeness (QED) is 0.643. The van der Waals surface area contributed by atoms with Crippen LogP contribution in [0.5, 0.6) is 0 Å². The van der Waals surface area contributed by atoms with Crippen molar-refractivity contribution in [3.63, 3.8) is 0 Å². The molecule has 1 atom stereocenters. The van der Waals surface area contributed by atoms with Gasteiger partial charge in [-0.2, -0.15) is 0 Å². The van der Waals surface area contributed by atoms with E-state index in [0.29, 0.717) is 0 Å². The summed E-state index contributed by atoms with van der Waals surface area (Å²) >= 11 is 0. The number of carbonyl (C=O) groups excluding carboxylic acids is 1. The number of hydrogen-bond acceptors (Lipinski definition) is 4. The standard InChI is InChI=1S/C11H22N2O2/c1-9(2)15-11(14)10(3)13-7-5-12(4)6-8-13/h9-10H,5-8H2,1-4H3/t10-/m1/s1. The number of ether oxygens (including phenoxy) is 1. The summed E-state index contributed by atoms with van der Waals surface area (Å²) in [6, 6.07) is -0.110. The van der Waals surface area contributed by atoms with E-state index in [0.717, 1.165) is 26.2 Å². The third kappa shape index (κ3) is 3.80. The zero-order valence-electron chi connectivity index (χ0n) is 10.2. The third-order valence-electron chi connectivity index (χ3n) is 2.78. The topological polar surface area (TPSA) is 32.8 Å². The lowest BCUT2D eigenvalue weighted by Gasteiger charge is -2.35. The molecule has 1 aliphatic rings. The lowest BCUT2D eigenvalue weighted by atomic mass is 10.2. The summed E-state index contributed by atoms with van der Waals surface area (Å²) in [6.07, 6.45) is -0.0209. The lowest BCUT2D eigenvalue weighted by molar-refractivity contribution is -0.153. The van der Waals surface area contributed by atoms with E-state index in [4.69, 9.17) is 4.74 Å². The molecule has 0 aliphatic carbocycles. The number of nitrogens with zero attached hydrogens (tertiary/aromatic N) is 2. The highest BCUT2D eigenvalue weighted by atomic mass is 16.5. The van der Waals surface area contributed by atoms with E-state index in [2.05, 4.69) is 16.8 Å². The van der Waals surface area contributed by atoms with Crippen molar-refractivity contribution >= 4 is 5.97 Å². The van der Waals surface area contributed by atoms with E-state index in [1.54, 1.807) is 0 Å². The van der Waals surface area contributed by atoms with Crippen molar-refractivity contribution in [2.24, 2.45) is 0 Å². The molecule has 4 heteroatoms. The highest BCUT2D eigenvalue weighted by Gasteiger charge is 2.25. The smallest absolute Gasteiger partial charge is 0.323 e. The molecule has 1 aliphatic heterocycles. The zero-order chi connectivity index (χ0) is 11.4. The van der Waals surface area contributed by atoms with Crippen LogP contribution in [0, 0.1) is 0 Å². The van der Waals surface area contributed by atoms with Gasteiger partial charge in [0.15, 0.2) is 0 Å². The highest BCUT2D eigenvalue weighted by Crippen LogP contribution is 2.07. The minimum Gasteiger partial charge on any atom is -0.462 e. The molecule has 0 N–H and O–H groups in total. The maximum atomic E-state index is 11.7. The molecule has 0 saturated carbocycles. The number of rotatable bonds is 3. The molecule has 88 valence electrons. The molecular formula is C11H22N2O2. The van der Waals surface area contributed by atoms with Crippen molar-refractivity contribution in [3.05, 3.63) is 0 Å². The van der Waals surface area contributed by atoms with Crippen LogP contribution >= 0.6 is 0 Å². The molecule has 0 amide bonds. The number of carbonyl (C=O) groups is 1. The molecule has 1 rings (SSSR count). The normalized spacial score (nSPS) is 21.7. The zero-order valence-corrected chi connectivity index (χ0v) is 10.2. The van der Waals surface area contributed by atoms with Gasteiger partial charge in [-0.15, -0.1) is 0 Å². The van der Waals surface area contributed by atoms with Gasteiger partial charge in [0.2, 0.25) is 0 Å². The highest BCUT2D eigenvalue weighted by molar-refractivity contribution is 5.75. The minimum absolute atomic E-state index is 0.0209. The molecule has 0 spiro atoms. The molecule has 0 aromatic rings. The summed E-state index contributed by atoms with van der Waals surface area (Å²) in [6.45, 7) is 9.65. The van der Waals surface area contributed by atoms with E-state index in [1.807, 2.05) is 20.8 Å². The molecule has 0 aromatic heterocycles. The third-order valence-corrected chi connectivity index (χ3v) is 2.78. The Kier molecular flexibility index (Phi) is 4.54. The van der Waals surface area contributed by atoms with Gasteiger partial charge in [0.25, 0.3) is 0 Å². The van der Waals surface area contributed by atoms with Crippen LogP contribution < -0.4 is 0 Å². The predicted octanol–water partition coefficient (Wildman–Crippen LogP) is 0.574. The number of piperazine rings is 1. The summed E-state index contributed by atoms with van der Waals surface area (Å²) in [5.74, 6) is -0.102. The van der Waals surface area contributed by atoms with Crippen LogP contribution in [0.25, 0.3) is 0 Å². The van der Waals surface area contributed by atoms with Crippen LogP contribution in [0.2, 0.25) is 0 Å². The van der Waals surface area contributed by atoms with E-state index in [1.165, 1.54) is 0 Å². The average Bonchev–Trinajstić information content (AvgIpc) is 2.17. The Morgan fingerprint density at radius 3 is 2.13 bits per heavy atom. The van der Waals surface area contributed by atoms with Gasteiger partial charge in [-0.3, -0.25) is 9.69 Å². The molecule has 1 heterocycles. The van der Waals surface area contributed by atoms with Gasteiger partial charge in [-0.1, -0.05) is 0 Å². The van der Waals surface area contributed by atoms with Crippen LogP contribution in [-0.4, -0.2) is 61.1 Å². The summed E-state index contributed by atoms with van der Waals surface area (Å²) in [7, 11) is 2.11. The first-order valence-electron chi connectivity index (χ1n) is 5.64. The molecule has 4 nitrogen and oxygen atoms in total. The maximum absolute atomic E-state index is 11.7. The van der Waals surface area contributed by atoms with E-state index >= 15 is 0 Å². The second-order valence-electron chi connectivity index (χ2n) is 4.50. The second-order valence-corrected chi connectivity index (χ2v) is 4.50. The Labute approximate surface area is 92.2 Å². The molecule has 15 heavy (non-hydrogen) atoms. The lowest BCUT2D eigenvalue weighted by Crippen LogP contribution is -2.51. The van der Waals surface area contributed by atoms with Crippen LogP contribution in [0.1, 0.15) is 20.8 Å². The van der Waals surface area contributed by atoms with Crippen LogP contribution in [-0.2, 0) is 9.53 Å². The largest absolute Gasteiger partial charge is 0.462 e. The molecule has 1 saturated heterocycles. The fraction of sp³-hybridized carbons (Fsp3) is 0.909. The summed E-state index contributed by atoms with van der Waals surface area (Å²) in [5.41, 5.74) is 0. The molecular weight excluding hydrogens is 192 g/mol. The number of likely N-dealkylation sites (N-methyl/N-ethyl adjacent to an activating group) is 1. The maximum Gasteiger partial charge on any atom is 0.323 e. The van der Waals surface area contributed by atoms with Gasteiger partial charge >= 0.3 is 5.97 Å². The monoisotopic (exact) mass is 214 g/mol. The first kappa shape index (κ1) is 12.5. The van der Waals surface area contributed by atoms with Gasteiger partial charge in [0.1, 0.15) is 6.04 Å². The molecule has 1 fully saturated rings. The Bertz CT molecular complexity index is 211. The average molecular weight is 214 g/mol. The molecule has 0 aromatic carbocycles. The van der Waals surface area contributed by atoms with Crippen molar-refractivity contribution in [2.75, 3.05) is 33.2 Å². The summed E-state index contributed by atoms with van der Waals surface area (Å²) in [5, 5.41) is 0. The van der Waals surface area contributed by atoms with Crippen molar-refractivity contribution in [2.45, 2.75) is 32.9 Å². The van der Waals surface area contributed by atoms with Gasteiger partial charge in [0.05, 0.1) is 6.10 Å². The van der Waals surface area contributed by atoms with Crippen molar-refractivity contribution in [1.82, 2.24) is 9.80 Å². The van der Waals surface area contributed by atoms with Crippen molar-refractivity contribution in [3.8, 4) is 0 Å². The SMILES string of the molecule is CC(C)OC(=O)[C@@H](C)N1CCN(C)CC1. The van der Waals surface area contributed by atoms with Crippen LogP contribution in [0.4, 0.5) is 0 Å². The minimum atomic E-state index is -0.110. The Balaban J connectivity index is 2.39. The predicted molar refractivity (Wildman–Crippen MR) is 59.8 cm³/mol. The van der Waals surface area contributed by atoms with Gasteiger partial charge in [-0.05, 0) is 27.8 Å². The fourth-order valence-corrected chi connectivity index (χ4v) is 1.69. The van der Waals surface area contributed by atoms with Gasteiger partial charge in [-0.25, -0.2) is 0 Å². The molecule has 0 unspecified atom stereocenters. The van der Waals surface area contributed by atoms with E-state index in [9.17, 15) is 4.79 Å². The van der Waals surface area contributed by atoms with Crippen LogP contribution in [0.15, 0.2) is 0 Å². The number of hydrogen-bond donors (Lipinski definition) is 0. The summed E-state index contributed by atoms with van der Waals surface area (Å²) < 4.78 is 5.20. The van der Waals surface area contributed by atoms with E-state index in [-0.39, 0.29) is 18.1 Å². The van der Waals surface area contributed by atoms with Gasteiger partial charge in [0, 0.05) is 26.2 Å². The summed E-state index contributed by atoms with van der Waals surface area (Å²) in [4.78, 5) is 16.1. The molecule has 0 bridgehead atoms. The second kappa shape index (κ2) is 5.47. The van der Waals surface area contributed by atoms with E-state index < -0.39 is 0 Å². The number of esters is 1. The van der Waals surface area contributed by atoms with Crippen LogP contribution in [0.3, 0.4) is 0 Å². The first-order valence-corrected chi connectivity index (χ1v) is 5.64. The fourth-order valence-electron chi connectivity index (χ4n) is 1.69. The molecule has 0 radical (unpaired) electrons. The first-order chi connectivity index (χ1) is 7.00. The Hall–Kier alpha value is -0.610. The van der Waals surface area contributed by atoms with Crippen molar-refractivity contribution < 1.29 is 9.53 Å². The van der Waals surface area contributed by atoms with Gasteiger partial charge < -0.3 is 9.64 Å². The Morgan fingerprint density at radius 2 is 1.67 bits per heavy atom.